The first-order chi connectivity index (χ1) is 13.9. The molecule has 2 nitrogen and oxygen atoms in total. The number of aryl methyl sites for hydroxylation is 5. The topological polar surface area (TPSA) is 17.8 Å². The summed E-state index contributed by atoms with van der Waals surface area (Å²) < 4.78 is 2.48. The van der Waals surface area contributed by atoms with E-state index in [1.165, 1.54) is 49.7 Å². The quantitative estimate of drug-likeness (QED) is 0.351. The molecule has 4 aromatic rings. The number of benzene rings is 2. The first kappa shape index (κ1) is 19.7. The van der Waals surface area contributed by atoms with Crippen molar-refractivity contribution in [2.45, 2.75) is 67.3 Å². The van der Waals surface area contributed by atoms with E-state index in [1.807, 2.05) is 0 Å². The van der Waals surface area contributed by atoms with E-state index in [9.17, 15) is 0 Å². The zero-order valence-corrected chi connectivity index (χ0v) is 18.9. The number of aromatic nitrogens is 2. The fourth-order valence-electron chi connectivity index (χ4n) is 5.15. The molecule has 0 bridgehead atoms. The van der Waals surface area contributed by atoms with Crippen LogP contribution in [0.25, 0.3) is 32.9 Å². The first-order valence-electron chi connectivity index (χ1n) is 10.9. The van der Waals surface area contributed by atoms with Crippen molar-refractivity contribution in [3.05, 3.63) is 64.5 Å². The van der Waals surface area contributed by atoms with Gasteiger partial charge in [0.05, 0.1) is 11.0 Å². The predicted molar refractivity (Wildman–Crippen MR) is 126 cm³/mol. The summed E-state index contributed by atoms with van der Waals surface area (Å²) in [6.45, 7) is 15.6. The van der Waals surface area contributed by atoms with Crippen molar-refractivity contribution in [1.82, 2.24) is 9.55 Å². The van der Waals surface area contributed by atoms with E-state index in [1.54, 1.807) is 0 Å². The van der Waals surface area contributed by atoms with Gasteiger partial charge in [-0.25, -0.2) is 0 Å². The lowest BCUT2D eigenvalue weighted by Gasteiger charge is -2.19. The van der Waals surface area contributed by atoms with Crippen LogP contribution in [0.2, 0.25) is 0 Å². The number of hydrogen-bond donors (Lipinski definition) is 0. The molecular weight excluding hydrogens is 352 g/mol. The highest BCUT2D eigenvalue weighted by molar-refractivity contribution is 6.07. The molecule has 0 saturated heterocycles. The Balaban J connectivity index is 2.06. The number of fused-ring (bicyclic) bond motifs is 3. The van der Waals surface area contributed by atoms with Gasteiger partial charge in [0.2, 0.25) is 0 Å². The van der Waals surface area contributed by atoms with Crippen LogP contribution < -0.4 is 0 Å². The third-order valence-electron chi connectivity index (χ3n) is 6.55. The molecule has 0 N–H and O–H groups in total. The van der Waals surface area contributed by atoms with Crippen LogP contribution in [0.5, 0.6) is 0 Å². The van der Waals surface area contributed by atoms with Crippen LogP contribution in [0.3, 0.4) is 0 Å². The second-order valence-corrected chi connectivity index (χ2v) is 8.56. The van der Waals surface area contributed by atoms with E-state index in [0.717, 1.165) is 24.1 Å². The van der Waals surface area contributed by atoms with Crippen molar-refractivity contribution in [3.8, 4) is 11.1 Å². The molecule has 0 aliphatic heterocycles. The van der Waals surface area contributed by atoms with Gasteiger partial charge in [-0.3, -0.25) is 4.98 Å². The van der Waals surface area contributed by atoms with E-state index in [-0.39, 0.29) is 0 Å². The maximum atomic E-state index is 5.08. The normalized spacial score (nSPS) is 11.9. The predicted octanol–water partition coefficient (Wildman–Crippen LogP) is 7.76. The van der Waals surface area contributed by atoms with Gasteiger partial charge in [0.1, 0.15) is 0 Å². The third-order valence-corrected chi connectivity index (χ3v) is 6.55. The van der Waals surface area contributed by atoms with E-state index < -0.39 is 0 Å². The molecule has 2 heteroatoms. The summed E-state index contributed by atoms with van der Waals surface area (Å²) in [4.78, 5) is 5.08. The minimum absolute atomic E-state index is 0.527. The summed E-state index contributed by atoms with van der Waals surface area (Å²) in [7, 11) is 0. The molecule has 29 heavy (non-hydrogen) atoms. The number of nitrogens with zero attached hydrogens (tertiary/aromatic N) is 2. The van der Waals surface area contributed by atoms with E-state index in [0.29, 0.717) is 6.04 Å². The minimum Gasteiger partial charge on any atom is -0.344 e. The van der Waals surface area contributed by atoms with Crippen molar-refractivity contribution in [3.63, 3.8) is 0 Å². The lowest BCUT2D eigenvalue weighted by molar-refractivity contribution is 0.486. The molecule has 2 heterocycles. The standard InChI is InChI=1S/C27H32N2/c1-8-21(9-2)29-13-12-23-20(7)28-26-19(6)22(10-11-24(26)27(23)29)25-17(4)14-16(3)15-18(25)5/h10-15,21H,8-9H2,1-7H3. The average Bonchev–Trinajstić information content (AvgIpc) is 3.10. The highest BCUT2D eigenvalue weighted by atomic mass is 15.0. The van der Waals surface area contributed by atoms with Crippen molar-refractivity contribution < 1.29 is 0 Å². The minimum atomic E-state index is 0.527. The molecule has 2 aromatic carbocycles. The second kappa shape index (κ2) is 7.33. The Hall–Kier alpha value is -2.61. The molecule has 0 unspecified atom stereocenters. The van der Waals surface area contributed by atoms with E-state index in [2.05, 4.69) is 89.6 Å². The molecule has 150 valence electrons. The van der Waals surface area contributed by atoms with Gasteiger partial charge in [-0.15, -0.1) is 0 Å². The molecule has 0 saturated carbocycles. The molecule has 0 atom stereocenters. The molecule has 4 rings (SSSR count). The molecule has 0 radical (unpaired) electrons. The highest BCUT2D eigenvalue weighted by Gasteiger charge is 2.18. The molecule has 0 spiro atoms. The Bertz CT molecular complexity index is 1200. The highest BCUT2D eigenvalue weighted by Crippen LogP contribution is 2.38. The van der Waals surface area contributed by atoms with Gasteiger partial charge >= 0.3 is 0 Å². The maximum absolute atomic E-state index is 5.08. The Labute approximate surface area is 174 Å². The van der Waals surface area contributed by atoms with Crippen molar-refractivity contribution in [2.24, 2.45) is 0 Å². The summed E-state index contributed by atoms with van der Waals surface area (Å²) in [6.07, 6.45) is 4.54. The summed E-state index contributed by atoms with van der Waals surface area (Å²) in [5, 5.41) is 2.55. The monoisotopic (exact) mass is 384 g/mol. The van der Waals surface area contributed by atoms with Gasteiger partial charge in [0, 0.05) is 28.7 Å². The van der Waals surface area contributed by atoms with Gasteiger partial charge in [-0.05, 0) is 81.3 Å². The van der Waals surface area contributed by atoms with Crippen molar-refractivity contribution in [2.75, 3.05) is 0 Å². The smallest absolute Gasteiger partial charge is 0.0761 e. The van der Waals surface area contributed by atoms with E-state index in [4.69, 9.17) is 4.98 Å². The van der Waals surface area contributed by atoms with Crippen LogP contribution in [0, 0.1) is 34.6 Å². The fraction of sp³-hybridized carbons (Fsp3) is 0.370. The number of rotatable bonds is 4. The lowest BCUT2D eigenvalue weighted by Crippen LogP contribution is -2.06. The Morgan fingerprint density at radius 1 is 0.862 bits per heavy atom. The molecule has 0 aliphatic rings. The van der Waals surface area contributed by atoms with Crippen LogP contribution in [0.4, 0.5) is 0 Å². The average molecular weight is 385 g/mol. The third kappa shape index (κ3) is 3.06. The van der Waals surface area contributed by atoms with Crippen LogP contribution in [-0.4, -0.2) is 9.55 Å². The van der Waals surface area contributed by atoms with Crippen LogP contribution in [-0.2, 0) is 0 Å². The Morgan fingerprint density at radius 2 is 1.52 bits per heavy atom. The largest absolute Gasteiger partial charge is 0.344 e. The second-order valence-electron chi connectivity index (χ2n) is 8.56. The maximum Gasteiger partial charge on any atom is 0.0761 e. The van der Waals surface area contributed by atoms with Crippen LogP contribution in [0.1, 0.15) is 60.7 Å². The summed E-state index contributed by atoms with van der Waals surface area (Å²) in [5.41, 5.74) is 11.5. The zero-order valence-electron chi connectivity index (χ0n) is 18.9. The van der Waals surface area contributed by atoms with Gasteiger partial charge in [0.25, 0.3) is 0 Å². The Morgan fingerprint density at radius 3 is 2.14 bits per heavy atom. The van der Waals surface area contributed by atoms with Crippen molar-refractivity contribution in [1.29, 1.82) is 0 Å². The van der Waals surface area contributed by atoms with Gasteiger partial charge in [0.15, 0.2) is 0 Å². The summed E-state index contributed by atoms with van der Waals surface area (Å²) >= 11 is 0. The fourth-order valence-corrected chi connectivity index (χ4v) is 5.15. The SMILES string of the molecule is CCC(CC)n1ccc2c(C)nc3c(C)c(-c4c(C)cc(C)cc4C)ccc3c21. The molecular formula is C27H32N2. The van der Waals surface area contributed by atoms with Crippen LogP contribution >= 0.6 is 0 Å². The summed E-state index contributed by atoms with van der Waals surface area (Å²) in [5.74, 6) is 0. The lowest BCUT2D eigenvalue weighted by atomic mass is 9.90. The molecule has 0 fully saturated rings. The number of hydrogen-bond acceptors (Lipinski definition) is 1. The van der Waals surface area contributed by atoms with Crippen LogP contribution in [0.15, 0.2) is 36.5 Å². The van der Waals surface area contributed by atoms with Gasteiger partial charge < -0.3 is 4.57 Å². The van der Waals surface area contributed by atoms with Crippen molar-refractivity contribution >= 4 is 21.8 Å². The number of pyridine rings is 1. The first-order valence-corrected chi connectivity index (χ1v) is 10.9. The molecule has 0 aliphatic carbocycles. The zero-order chi connectivity index (χ0) is 20.9. The van der Waals surface area contributed by atoms with Gasteiger partial charge in [-0.2, -0.15) is 0 Å². The molecule has 0 amide bonds. The van der Waals surface area contributed by atoms with E-state index >= 15 is 0 Å². The molecule has 2 aromatic heterocycles. The summed E-state index contributed by atoms with van der Waals surface area (Å²) in [6, 6.07) is 11.9. The van der Waals surface area contributed by atoms with Gasteiger partial charge in [-0.1, -0.05) is 43.7 Å². The Kier molecular flexibility index (Phi) is 4.98.